The van der Waals surface area contributed by atoms with E-state index < -0.39 is 17.6 Å². The van der Waals surface area contributed by atoms with Crippen LogP contribution < -0.4 is 10.6 Å². The monoisotopic (exact) mass is 490 g/mol. The molecule has 3 rings (SSSR count). The predicted molar refractivity (Wildman–Crippen MR) is 118 cm³/mol. The minimum Gasteiger partial charge on any atom is -0.320 e. The smallest absolute Gasteiger partial charge is 0.266 e. The number of anilines is 2. The summed E-state index contributed by atoms with van der Waals surface area (Å²) in [6.07, 6.45) is 0. The van der Waals surface area contributed by atoms with Crippen LogP contribution in [0.2, 0.25) is 20.1 Å². The van der Waals surface area contributed by atoms with Crippen molar-refractivity contribution in [2.24, 2.45) is 0 Å². The standard InChI is InChI=1S/C19H11Cl4FN2O2S/c1-8-4-16(26-18(27)10-3-2-9(24)5-11(10)20)29-17(8)19(28)25-15-7-13(22)12(21)6-14(15)23/h2-7H,1H3,(H,25,28)(H,26,27). The Morgan fingerprint density at radius 3 is 2.24 bits per heavy atom. The van der Waals surface area contributed by atoms with Gasteiger partial charge in [0, 0.05) is 0 Å². The summed E-state index contributed by atoms with van der Waals surface area (Å²) >= 11 is 24.9. The van der Waals surface area contributed by atoms with Crippen molar-refractivity contribution in [3.63, 3.8) is 0 Å². The Bertz CT molecular complexity index is 1130. The quantitative estimate of drug-likeness (QED) is 0.375. The predicted octanol–water partition coefficient (Wildman–Crippen LogP) is 7.31. The number of benzene rings is 2. The van der Waals surface area contributed by atoms with Crippen LogP contribution in [0.4, 0.5) is 15.1 Å². The zero-order valence-corrected chi connectivity index (χ0v) is 18.4. The highest BCUT2D eigenvalue weighted by Gasteiger charge is 2.18. The van der Waals surface area contributed by atoms with Gasteiger partial charge in [-0.25, -0.2) is 4.39 Å². The Kier molecular flexibility index (Phi) is 6.71. The van der Waals surface area contributed by atoms with Gasteiger partial charge in [0.1, 0.15) is 5.82 Å². The Balaban J connectivity index is 1.78. The fourth-order valence-corrected chi connectivity index (χ4v) is 4.23. The van der Waals surface area contributed by atoms with Crippen LogP contribution >= 0.6 is 57.7 Å². The molecule has 150 valence electrons. The van der Waals surface area contributed by atoms with Crippen LogP contribution in [-0.4, -0.2) is 11.8 Å². The van der Waals surface area contributed by atoms with Crippen molar-refractivity contribution >= 4 is 80.2 Å². The number of hydrogen-bond donors (Lipinski definition) is 2. The summed E-state index contributed by atoms with van der Waals surface area (Å²) in [6, 6.07) is 8.00. The molecule has 4 nitrogen and oxygen atoms in total. The van der Waals surface area contributed by atoms with Gasteiger partial charge >= 0.3 is 0 Å². The van der Waals surface area contributed by atoms with Gasteiger partial charge in [-0.05, 0) is 48.9 Å². The van der Waals surface area contributed by atoms with Crippen molar-refractivity contribution < 1.29 is 14.0 Å². The molecule has 1 aromatic heterocycles. The van der Waals surface area contributed by atoms with Crippen LogP contribution in [0, 0.1) is 12.7 Å². The molecule has 2 N–H and O–H groups in total. The molecule has 1 heterocycles. The lowest BCUT2D eigenvalue weighted by Crippen LogP contribution is -2.12. The second-order valence-electron chi connectivity index (χ2n) is 5.90. The molecule has 0 fully saturated rings. The van der Waals surface area contributed by atoms with E-state index in [1.54, 1.807) is 13.0 Å². The van der Waals surface area contributed by atoms with Gasteiger partial charge in [0.05, 0.1) is 41.2 Å². The number of carbonyl (C=O) groups is 2. The third-order valence-corrected chi connectivity index (χ3v) is 6.29. The molecule has 0 bridgehead atoms. The lowest BCUT2D eigenvalue weighted by atomic mass is 10.2. The molecular formula is C19H11Cl4FN2O2S. The fourth-order valence-electron chi connectivity index (χ4n) is 2.42. The highest BCUT2D eigenvalue weighted by Crippen LogP contribution is 2.34. The third-order valence-electron chi connectivity index (χ3n) is 3.79. The summed E-state index contributed by atoms with van der Waals surface area (Å²) < 4.78 is 13.2. The molecule has 10 heteroatoms. The van der Waals surface area contributed by atoms with E-state index in [9.17, 15) is 14.0 Å². The van der Waals surface area contributed by atoms with Gasteiger partial charge in [0.2, 0.25) is 0 Å². The van der Waals surface area contributed by atoms with E-state index in [0.29, 0.717) is 21.1 Å². The first-order valence-corrected chi connectivity index (χ1v) is 10.3. The molecule has 0 aliphatic rings. The van der Waals surface area contributed by atoms with Crippen LogP contribution in [0.15, 0.2) is 36.4 Å². The van der Waals surface area contributed by atoms with Gasteiger partial charge in [0.15, 0.2) is 0 Å². The summed E-state index contributed by atoms with van der Waals surface area (Å²) in [7, 11) is 0. The summed E-state index contributed by atoms with van der Waals surface area (Å²) in [5.41, 5.74) is 1.07. The van der Waals surface area contributed by atoms with Gasteiger partial charge in [0.25, 0.3) is 11.8 Å². The highest BCUT2D eigenvalue weighted by molar-refractivity contribution is 7.18. The summed E-state index contributed by atoms with van der Waals surface area (Å²) in [5.74, 6) is -1.48. The second kappa shape index (κ2) is 8.90. The number of nitrogens with one attached hydrogen (secondary N) is 2. The van der Waals surface area contributed by atoms with Crippen molar-refractivity contribution in [3.8, 4) is 0 Å². The lowest BCUT2D eigenvalue weighted by Gasteiger charge is -2.08. The fraction of sp³-hybridized carbons (Fsp3) is 0.0526. The molecule has 2 aromatic carbocycles. The zero-order valence-electron chi connectivity index (χ0n) is 14.6. The van der Waals surface area contributed by atoms with E-state index in [0.717, 1.165) is 23.5 Å². The third kappa shape index (κ3) is 5.02. The molecule has 0 radical (unpaired) electrons. The Morgan fingerprint density at radius 2 is 1.55 bits per heavy atom. The maximum Gasteiger partial charge on any atom is 0.266 e. The zero-order chi connectivity index (χ0) is 21.3. The van der Waals surface area contributed by atoms with Crippen LogP contribution in [0.25, 0.3) is 0 Å². The molecule has 0 atom stereocenters. The van der Waals surface area contributed by atoms with E-state index in [2.05, 4.69) is 10.6 Å². The Labute approximate surface area is 189 Å². The molecule has 2 amide bonds. The topological polar surface area (TPSA) is 58.2 Å². The number of aryl methyl sites for hydroxylation is 1. The largest absolute Gasteiger partial charge is 0.320 e. The average Bonchev–Trinajstić information content (AvgIpc) is 2.99. The van der Waals surface area contributed by atoms with Crippen molar-refractivity contribution in [2.75, 3.05) is 10.6 Å². The number of thiophene rings is 1. The molecule has 3 aromatic rings. The molecular weight excluding hydrogens is 481 g/mol. The first-order chi connectivity index (χ1) is 13.7. The number of amides is 2. The van der Waals surface area contributed by atoms with Gasteiger partial charge in [-0.3, -0.25) is 9.59 Å². The van der Waals surface area contributed by atoms with E-state index in [-0.39, 0.29) is 25.7 Å². The van der Waals surface area contributed by atoms with Gasteiger partial charge < -0.3 is 10.6 Å². The van der Waals surface area contributed by atoms with E-state index in [1.165, 1.54) is 18.2 Å². The van der Waals surface area contributed by atoms with Gasteiger partial charge in [-0.15, -0.1) is 11.3 Å². The summed E-state index contributed by atoms with van der Waals surface area (Å²) in [5, 5.41) is 6.50. The van der Waals surface area contributed by atoms with Crippen molar-refractivity contribution in [3.05, 3.63) is 78.3 Å². The number of carbonyl (C=O) groups excluding carboxylic acids is 2. The maximum absolute atomic E-state index is 13.2. The normalized spacial score (nSPS) is 10.7. The molecule has 0 saturated heterocycles. The number of hydrogen-bond acceptors (Lipinski definition) is 3. The summed E-state index contributed by atoms with van der Waals surface area (Å²) in [6.45, 7) is 1.72. The summed E-state index contributed by atoms with van der Waals surface area (Å²) in [4.78, 5) is 25.4. The van der Waals surface area contributed by atoms with Crippen molar-refractivity contribution in [2.45, 2.75) is 6.92 Å². The molecule has 0 spiro atoms. The van der Waals surface area contributed by atoms with E-state index >= 15 is 0 Å². The van der Waals surface area contributed by atoms with Crippen LogP contribution in [0.3, 0.4) is 0 Å². The van der Waals surface area contributed by atoms with Crippen molar-refractivity contribution in [1.29, 1.82) is 0 Å². The average molecular weight is 492 g/mol. The van der Waals surface area contributed by atoms with Gasteiger partial charge in [-0.1, -0.05) is 46.4 Å². The number of rotatable bonds is 4. The maximum atomic E-state index is 13.2. The van der Waals surface area contributed by atoms with Gasteiger partial charge in [-0.2, -0.15) is 0 Å². The van der Waals surface area contributed by atoms with Crippen LogP contribution in [0.1, 0.15) is 25.6 Å². The highest BCUT2D eigenvalue weighted by atomic mass is 35.5. The minimum absolute atomic E-state index is 0.0111. The minimum atomic E-state index is -0.543. The number of halogens is 5. The molecule has 0 aliphatic carbocycles. The van der Waals surface area contributed by atoms with Crippen LogP contribution in [0.5, 0.6) is 0 Å². The van der Waals surface area contributed by atoms with E-state index in [1.807, 2.05) is 0 Å². The first-order valence-electron chi connectivity index (χ1n) is 7.98. The first kappa shape index (κ1) is 21.9. The second-order valence-corrected chi connectivity index (χ2v) is 8.58. The SMILES string of the molecule is Cc1cc(NC(=O)c2ccc(F)cc2Cl)sc1C(=O)Nc1cc(Cl)c(Cl)cc1Cl. The molecule has 0 saturated carbocycles. The lowest BCUT2D eigenvalue weighted by molar-refractivity contribution is 0.102. The Morgan fingerprint density at radius 1 is 0.862 bits per heavy atom. The molecule has 0 unspecified atom stereocenters. The van der Waals surface area contributed by atoms with Crippen LogP contribution in [-0.2, 0) is 0 Å². The van der Waals surface area contributed by atoms with Crippen molar-refractivity contribution in [1.82, 2.24) is 0 Å². The molecule has 0 aliphatic heterocycles. The Hall–Kier alpha value is -1.83. The van der Waals surface area contributed by atoms with E-state index in [4.69, 9.17) is 46.4 Å². The molecule has 29 heavy (non-hydrogen) atoms.